The Hall–Kier alpha value is -1.71. The van der Waals surface area contributed by atoms with Gasteiger partial charge >= 0.3 is 0 Å². The summed E-state index contributed by atoms with van der Waals surface area (Å²) in [6.45, 7) is 1.46. The lowest BCUT2D eigenvalue weighted by Gasteiger charge is -2.04. The zero-order valence-corrected chi connectivity index (χ0v) is 11.2. The second-order valence-corrected chi connectivity index (χ2v) is 5.74. The van der Waals surface area contributed by atoms with Crippen LogP contribution in [0.4, 0.5) is 0 Å². The summed E-state index contributed by atoms with van der Waals surface area (Å²) in [6, 6.07) is 1.06. The van der Waals surface area contributed by atoms with Gasteiger partial charge < -0.3 is 9.51 Å². The Balaban J connectivity index is 2.18. The minimum Gasteiger partial charge on any atom is -0.340 e. The molecule has 0 aliphatic carbocycles. The molecule has 0 saturated carbocycles. The van der Waals surface area contributed by atoms with Gasteiger partial charge in [-0.1, -0.05) is 16.8 Å². The van der Waals surface area contributed by atoms with E-state index in [9.17, 15) is 13.2 Å². The summed E-state index contributed by atoms with van der Waals surface area (Å²) < 4.78 is 30.8. The summed E-state index contributed by atoms with van der Waals surface area (Å²) in [5, 5.41) is 3.34. The number of rotatable bonds is 4. The molecule has 19 heavy (non-hydrogen) atoms. The van der Waals surface area contributed by atoms with E-state index in [1.54, 1.807) is 6.92 Å². The van der Waals surface area contributed by atoms with Gasteiger partial charge in [-0.15, -0.1) is 0 Å². The first kappa shape index (κ1) is 13.7. The van der Waals surface area contributed by atoms with Crippen molar-refractivity contribution in [3.8, 4) is 0 Å². The van der Waals surface area contributed by atoms with Gasteiger partial charge in [-0.3, -0.25) is 4.79 Å². The monoisotopic (exact) mass is 304 g/mol. The third-order valence-corrected chi connectivity index (χ3v) is 3.79. The highest BCUT2D eigenvalue weighted by Gasteiger charge is 2.16. The second kappa shape index (κ2) is 5.11. The molecule has 0 radical (unpaired) electrons. The summed E-state index contributed by atoms with van der Waals surface area (Å²) in [6.07, 6.45) is 1.05. The summed E-state index contributed by atoms with van der Waals surface area (Å²) in [4.78, 5) is 17.0. The number of pyridine rings is 1. The molecule has 2 aromatic heterocycles. The first-order chi connectivity index (χ1) is 8.88. The molecule has 0 aliphatic heterocycles. The van der Waals surface area contributed by atoms with Crippen molar-refractivity contribution in [1.82, 2.24) is 19.8 Å². The van der Waals surface area contributed by atoms with Gasteiger partial charge in [0.1, 0.15) is 5.02 Å². The van der Waals surface area contributed by atoms with E-state index in [1.807, 2.05) is 0 Å². The van der Waals surface area contributed by atoms with Gasteiger partial charge in [-0.2, -0.15) is 4.98 Å². The largest absolute Gasteiger partial charge is 0.340 e. The van der Waals surface area contributed by atoms with E-state index >= 15 is 0 Å². The summed E-state index contributed by atoms with van der Waals surface area (Å²) in [5.41, 5.74) is -0.561. The predicted molar refractivity (Wildman–Crippen MR) is 65.1 cm³/mol. The number of halogens is 1. The van der Waals surface area contributed by atoms with Crippen molar-refractivity contribution in [1.29, 1.82) is 0 Å². The van der Waals surface area contributed by atoms with E-state index in [-0.39, 0.29) is 22.3 Å². The fraction of sp³-hybridized carbons (Fsp3) is 0.222. The van der Waals surface area contributed by atoms with Crippen LogP contribution in [0.1, 0.15) is 11.7 Å². The zero-order chi connectivity index (χ0) is 14.0. The van der Waals surface area contributed by atoms with Crippen LogP contribution in [0.2, 0.25) is 5.02 Å². The third-order valence-electron chi connectivity index (χ3n) is 2.13. The Kier molecular flexibility index (Phi) is 3.69. The van der Waals surface area contributed by atoms with Gasteiger partial charge in [0, 0.05) is 13.1 Å². The number of aromatic amines is 1. The van der Waals surface area contributed by atoms with Crippen LogP contribution < -0.4 is 10.3 Å². The number of hydrogen-bond acceptors (Lipinski definition) is 6. The second-order valence-electron chi connectivity index (χ2n) is 3.57. The number of aromatic nitrogens is 3. The highest BCUT2D eigenvalue weighted by Crippen LogP contribution is 2.10. The van der Waals surface area contributed by atoms with Gasteiger partial charge in [0.05, 0.1) is 11.4 Å². The Morgan fingerprint density at radius 1 is 1.53 bits per heavy atom. The predicted octanol–water partition coefficient (Wildman–Crippen LogP) is 0.198. The van der Waals surface area contributed by atoms with Crippen LogP contribution in [0.25, 0.3) is 0 Å². The van der Waals surface area contributed by atoms with Crippen molar-refractivity contribution in [2.45, 2.75) is 18.4 Å². The van der Waals surface area contributed by atoms with Crippen molar-refractivity contribution in [2.24, 2.45) is 0 Å². The molecule has 2 heterocycles. The number of hydrogen-bond donors (Lipinski definition) is 2. The first-order valence-electron chi connectivity index (χ1n) is 5.05. The van der Waals surface area contributed by atoms with E-state index in [4.69, 9.17) is 16.1 Å². The molecule has 2 N–H and O–H groups in total. The number of nitrogens with zero attached hydrogens (tertiary/aromatic N) is 2. The molecule has 8 nitrogen and oxygen atoms in total. The van der Waals surface area contributed by atoms with Gasteiger partial charge in [-0.25, -0.2) is 13.1 Å². The van der Waals surface area contributed by atoms with Crippen LogP contribution in [0, 0.1) is 6.92 Å². The van der Waals surface area contributed by atoms with Gasteiger partial charge in [0.25, 0.3) is 5.56 Å². The van der Waals surface area contributed by atoms with Gasteiger partial charge in [0.2, 0.25) is 15.9 Å². The van der Waals surface area contributed by atoms with Crippen molar-refractivity contribution < 1.29 is 12.9 Å². The average molecular weight is 305 g/mol. The Bertz CT molecular complexity index is 752. The average Bonchev–Trinajstić information content (AvgIpc) is 2.76. The smallest absolute Gasteiger partial charge is 0.266 e. The summed E-state index contributed by atoms with van der Waals surface area (Å²) in [7, 11) is -3.81. The Morgan fingerprint density at radius 2 is 2.26 bits per heavy atom. The molecule has 0 amide bonds. The fourth-order valence-corrected chi connectivity index (χ4v) is 2.46. The highest BCUT2D eigenvalue weighted by atomic mass is 35.5. The molecule has 0 spiro atoms. The molecule has 10 heteroatoms. The molecule has 0 bridgehead atoms. The molecular weight excluding hydrogens is 296 g/mol. The maximum absolute atomic E-state index is 11.9. The van der Waals surface area contributed by atoms with E-state index in [2.05, 4.69) is 19.8 Å². The van der Waals surface area contributed by atoms with Crippen molar-refractivity contribution in [3.63, 3.8) is 0 Å². The lowest BCUT2D eigenvalue weighted by molar-refractivity contribution is 0.387. The lowest BCUT2D eigenvalue weighted by Crippen LogP contribution is -2.24. The number of nitrogens with one attached hydrogen (secondary N) is 2. The first-order valence-corrected chi connectivity index (χ1v) is 6.92. The summed E-state index contributed by atoms with van der Waals surface area (Å²) in [5.74, 6) is 0.540. The van der Waals surface area contributed by atoms with Gasteiger partial charge in [0.15, 0.2) is 5.82 Å². The number of aryl methyl sites for hydroxylation is 1. The normalized spacial score (nSPS) is 11.7. The molecular formula is C9H9ClN4O4S. The zero-order valence-electron chi connectivity index (χ0n) is 9.68. The number of sulfonamides is 1. The number of H-pyrrole nitrogens is 1. The maximum Gasteiger partial charge on any atom is 0.266 e. The van der Waals surface area contributed by atoms with E-state index < -0.39 is 15.6 Å². The molecule has 0 fully saturated rings. The van der Waals surface area contributed by atoms with Crippen LogP contribution in [0.3, 0.4) is 0 Å². The maximum atomic E-state index is 11.9. The van der Waals surface area contributed by atoms with Crippen molar-refractivity contribution in [3.05, 3.63) is 39.4 Å². The molecule has 0 unspecified atom stereocenters. The van der Waals surface area contributed by atoms with Gasteiger partial charge in [-0.05, 0) is 6.07 Å². The third kappa shape index (κ3) is 3.19. The standard InChI is InChI=1S/C9H9ClN4O4S/c1-5-13-8(14-18-5)4-12-19(16,17)6-2-7(10)9(15)11-3-6/h2-3,12H,4H2,1H3,(H,11,15). The highest BCUT2D eigenvalue weighted by molar-refractivity contribution is 7.89. The molecule has 0 aromatic carbocycles. The van der Waals surface area contributed by atoms with Crippen LogP contribution >= 0.6 is 11.6 Å². The molecule has 2 aromatic rings. The Labute approximate surface area is 112 Å². The summed E-state index contributed by atoms with van der Waals surface area (Å²) >= 11 is 5.56. The van der Waals surface area contributed by atoms with Crippen molar-refractivity contribution in [2.75, 3.05) is 0 Å². The molecule has 0 aliphatic rings. The lowest BCUT2D eigenvalue weighted by atomic mass is 10.5. The van der Waals surface area contributed by atoms with Crippen LogP contribution in [0.15, 0.2) is 26.5 Å². The molecule has 2 rings (SSSR count). The van der Waals surface area contributed by atoms with Crippen molar-refractivity contribution >= 4 is 21.6 Å². The SMILES string of the molecule is Cc1nc(CNS(=O)(=O)c2c[nH]c(=O)c(Cl)c2)no1. The quantitative estimate of drug-likeness (QED) is 0.833. The minimum atomic E-state index is -3.81. The van der Waals surface area contributed by atoms with E-state index in [0.29, 0.717) is 5.89 Å². The van der Waals surface area contributed by atoms with Crippen LogP contribution in [0.5, 0.6) is 0 Å². The molecule has 102 valence electrons. The molecule has 0 atom stereocenters. The fourth-order valence-electron chi connectivity index (χ4n) is 1.25. The minimum absolute atomic E-state index is 0.129. The molecule has 0 saturated heterocycles. The van der Waals surface area contributed by atoms with Crippen LogP contribution in [-0.4, -0.2) is 23.5 Å². The Morgan fingerprint density at radius 3 is 2.84 bits per heavy atom. The van der Waals surface area contributed by atoms with E-state index in [1.165, 1.54) is 0 Å². The van der Waals surface area contributed by atoms with E-state index in [0.717, 1.165) is 12.3 Å². The van der Waals surface area contributed by atoms with Crippen LogP contribution in [-0.2, 0) is 16.6 Å². The topological polar surface area (TPSA) is 118 Å².